The predicted molar refractivity (Wildman–Crippen MR) is 94.6 cm³/mol. The maximum atomic E-state index is 10.4. The summed E-state index contributed by atoms with van der Waals surface area (Å²) < 4.78 is 12.0. The largest absolute Gasteiger partial charge is 0.393 e. The van der Waals surface area contributed by atoms with Crippen LogP contribution in [-0.4, -0.2) is 30.2 Å². The fourth-order valence-electron chi connectivity index (χ4n) is 5.55. The van der Waals surface area contributed by atoms with E-state index in [4.69, 9.17) is 9.47 Å². The second kappa shape index (κ2) is 6.26. The zero-order chi connectivity index (χ0) is 16.8. The van der Waals surface area contributed by atoms with Gasteiger partial charge in [0.15, 0.2) is 5.79 Å². The molecule has 4 aliphatic rings. The predicted octanol–water partition coefficient (Wildman–Crippen LogP) is 4.51. The molecule has 1 saturated heterocycles. The summed E-state index contributed by atoms with van der Waals surface area (Å²) in [6, 6.07) is 0. The molecule has 0 aromatic carbocycles. The van der Waals surface area contributed by atoms with Crippen molar-refractivity contribution < 1.29 is 14.6 Å². The molecule has 3 nitrogen and oxygen atoms in total. The fraction of sp³-hybridized carbons (Fsp3) is 0.810. The van der Waals surface area contributed by atoms with E-state index in [0.29, 0.717) is 5.92 Å². The molecular formula is C21H32O3. The lowest BCUT2D eigenvalue weighted by molar-refractivity contribution is -0.163. The second-order valence-electron chi connectivity index (χ2n) is 8.55. The van der Waals surface area contributed by atoms with Crippen molar-refractivity contribution in [3.63, 3.8) is 0 Å². The molecule has 0 radical (unpaired) electrons. The third kappa shape index (κ3) is 2.69. The number of aliphatic hydroxyl groups excluding tert-OH is 1. The Morgan fingerprint density at radius 2 is 2.04 bits per heavy atom. The first-order valence-corrected chi connectivity index (χ1v) is 9.92. The summed E-state index contributed by atoms with van der Waals surface area (Å²) >= 11 is 0. The normalized spacial score (nSPS) is 38.5. The van der Waals surface area contributed by atoms with E-state index >= 15 is 0 Å². The number of rotatable bonds is 3. The third-order valence-electron chi connectivity index (χ3n) is 7.16. The van der Waals surface area contributed by atoms with E-state index in [0.717, 1.165) is 58.2 Å². The molecule has 1 saturated carbocycles. The number of ether oxygens (including phenoxy) is 2. The van der Waals surface area contributed by atoms with E-state index < -0.39 is 0 Å². The molecule has 0 amide bonds. The summed E-state index contributed by atoms with van der Waals surface area (Å²) in [5.74, 6) is 0.333. The van der Waals surface area contributed by atoms with Crippen LogP contribution in [0.1, 0.15) is 71.6 Å². The minimum atomic E-state index is -0.318. The first-order chi connectivity index (χ1) is 11.6. The molecule has 134 valence electrons. The number of hydrogen-bond donors (Lipinski definition) is 1. The van der Waals surface area contributed by atoms with Gasteiger partial charge in [-0.25, -0.2) is 0 Å². The monoisotopic (exact) mass is 332 g/mol. The molecule has 3 aliphatic carbocycles. The lowest BCUT2D eigenvalue weighted by Crippen LogP contribution is -2.36. The van der Waals surface area contributed by atoms with Gasteiger partial charge < -0.3 is 14.6 Å². The van der Waals surface area contributed by atoms with Crippen molar-refractivity contribution in [1.29, 1.82) is 0 Å². The van der Waals surface area contributed by atoms with Gasteiger partial charge in [0, 0.05) is 18.3 Å². The molecular weight excluding hydrogens is 300 g/mol. The highest BCUT2D eigenvalue weighted by Crippen LogP contribution is 2.54. The van der Waals surface area contributed by atoms with Crippen LogP contribution in [-0.2, 0) is 9.47 Å². The molecule has 1 N–H and O–H groups in total. The number of fused-ring (bicyclic) bond motifs is 1. The summed E-state index contributed by atoms with van der Waals surface area (Å²) in [5.41, 5.74) is 4.86. The number of allylic oxidation sites excluding steroid dienone is 3. The van der Waals surface area contributed by atoms with Gasteiger partial charge in [0.1, 0.15) is 0 Å². The van der Waals surface area contributed by atoms with Crippen LogP contribution < -0.4 is 0 Å². The average Bonchev–Trinajstić information content (AvgIpc) is 3.14. The molecule has 0 aromatic heterocycles. The molecule has 3 heteroatoms. The van der Waals surface area contributed by atoms with Gasteiger partial charge in [0.25, 0.3) is 0 Å². The first kappa shape index (κ1) is 16.8. The van der Waals surface area contributed by atoms with Gasteiger partial charge in [0.2, 0.25) is 0 Å². The number of aliphatic hydroxyl groups is 1. The maximum Gasteiger partial charge on any atom is 0.172 e. The number of hydrogen-bond acceptors (Lipinski definition) is 3. The van der Waals surface area contributed by atoms with Crippen LogP contribution in [0.15, 0.2) is 22.8 Å². The van der Waals surface area contributed by atoms with Crippen molar-refractivity contribution in [2.75, 3.05) is 13.2 Å². The molecule has 1 spiro atoms. The Balaban J connectivity index is 1.60. The van der Waals surface area contributed by atoms with Crippen LogP contribution in [0.4, 0.5) is 0 Å². The van der Waals surface area contributed by atoms with Crippen molar-refractivity contribution in [2.45, 2.75) is 83.5 Å². The van der Waals surface area contributed by atoms with Gasteiger partial charge in [-0.2, -0.15) is 0 Å². The van der Waals surface area contributed by atoms with Crippen molar-refractivity contribution >= 4 is 0 Å². The Labute approximate surface area is 146 Å². The minimum Gasteiger partial charge on any atom is -0.393 e. The second-order valence-corrected chi connectivity index (χ2v) is 8.55. The van der Waals surface area contributed by atoms with Crippen LogP contribution in [0.2, 0.25) is 0 Å². The van der Waals surface area contributed by atoms with Crippen LogP contribution in [0, 0.1) is 11.3 Å². The summed E-state index contributed by atoms with van der Waals surface area (Å²) in [6.07, 6.45) is 12.1. The molecule has 0 aromatic rings. The van der Waals surface area contributed by atoms with Gasteiger partial charge in [-0.15, -0.1) is 0 Å². The van der Waals surface area contributed by atoms with Crippen molar-refractivity contribution in [1.82, 2.24) is 0 Å². The summed E-state index contributed by atoms with van der Waals surface area (Å²) in [6.45, 7) is 6.05. The van der Waals surface area contributed by atoms with E-state index in [1.165, 1.54) is 12.8 Å². The van der Waals surface area contributed by atoms with E-state index in [2.05, 4.69) is 19.9 Å². The van der Waals surface area contributed by atoms with Crippen molar-refractivity contribution in [3.8, 4) is 0 Å². The van der Waals surface area contributed by atoms with Gasteiger partial charge in [-0.3, -0.25) is 0 Å². The van der Waals surface area contributed by atoms with Gasteiger partial charge in [-0.1, -0.05) is 31.9 Å². The van der Waals surface area contributed by atoms with Crippen molar-refractivity contribution in [2.24, 2.45) is 11.3 Å². The lowest BCUT2D eigenvalue weighted by Gasteiger charge is -2.41. The van der Waals surface area contributed by atoms with Gasteiger partial charge in [-0.05, 0) is 55.6 Å². The van der Waals surface area contributed by atoms with Crippen LogP contribution >= 0.6 is 0 Å². The molecule has 3 atom stereocenters. The molecule has 0 bridgehead atoms. The summed E-state index contributed by atoms with van der Waals surface area (Å²) in [5, 5.41) is 10.4. The highest BCUT2D eigenvalue weighted by atomic mass is 16.7. The van der Waals surface area contributed by atoms with E-state index in [9.17, 15) is 5.11 Å². The first-order valence-electron chi connectivity index (χ1n) is 9.92. The zero-order valence-corrected chi connectivity index (χ0v) is 15.3. The molecule has 2 unspecified atom stereocenters. The SMILES string of the molecule is CCCC1=C(C2=CCC3(C)C(CC[C@@H]3O)C2)CCC2(C1)OCCO2. The highest BCUT2D eigenvalue weighted by molar-refractivity contribution is 5.40. The molecule has 4 rings (SSSR count). The van der Waals surface area contributed by atoms with Crippen LogP contribution in [0.5, 0.6) is 0 Å². The average molecular weight is 332 g/mol. The van der Waals surface area contributed by atoms with Gasteiger partial charge in [0.05, 0.1) is 19.3 Å². The highest BCUT2D eigenvalue weighted by Gasteiger charge is 2.48. The van der Waals surface area contributed by atoms with Gasteiger partial charge >= 0.3 is 0 Å². The summed E-state index contributed by atoms with van der Waals surface area (Å²) in [4.78, 5) is 0. The van der Waals surface area contributed by atoms with Crippen LogP contribution in [0.25, 0.3) is 0 Å². The Bertz CT molecular complexity index is 555. The fourth-order valence-corrected chi connectivity index (χ4v) is 5.55. The maximum absolute atomic E-state index is 10.4. The third-order valence-corrected chi connectivity index (χ3v) is 7.16. The quantitative estimate of drug-likeness (QED) is 0.826. The van der Waals surface area contributed by atoms with E-state index in [1.807, 2.05) is 0 Å². The van der Waals surface area contributed by atoms with E-state index in [-0.39, 0.29) is 17.3 Å². The zero-order valence-electron chi connectivity index (χ0n) is 15.3. The van der Waals surface area contributed by atoms with Crippen molar-refractivity contribution in [3.05, 3.63) is 22.8 Å². The Hall–Kier alpha value is -0.640. The lowest BCUT2D eigenvalue weighted by atomic mass is 9.67. The minimum absolute atomic E-state index is 0.112. The van der Waals surface area contributed by atoms with Crippen LogP contribution in [0.3, 0.4) is 0 Å². The van der Waals surface area contributed by atoms with E-state index in [1.54, 1.807) is 16.7 Å². The standard InChI is InChI=1S/C21H32O3/c1-3-4-16-14-21(23-11-12-24-21)10-8-18(16)15-7-9-20(2)17(13-15)5-6-19(20)22/h7,17,19,22H,3-6,8-14H2,1-2H3/t17?,19-,20?/m0/s1. The molecule has 1 heterocycles. The smallest absolute Gasteiger partial charge is 0.172 e. The Morgan fingerprint density at radius 1 is 1.25 bits per heavy atom. The Morgan fingerprint density at radius 3 is 2.79 bits per heavy atom. The topological polar surface area (TPSA) is 38.7 Å². The molecule has 24 heavy (non-hydrogen) atoms. The molecule has 2 fully saturated rings. The Kier molecular flexibility index (Phi) is 4.39. The molecule has 1 aliphatic heterocycles. The summed E-state index contributed by atoms with van der Waals surface area (Å²) in [7, 11) is 0.